The average molecular weight is 562 g/mol. The third-order valence-corrected chi connectivity index (χ3v) is 7.07. The minimum atomic E-state index is -0.166. The van der Waals surface area contributed by atoms with Crippen molar-refractivity contribution in [3.8, 4) is 16.9 Å². The highest BCUT2D eigenvalue weighted by molar-refractivity contribution is 5.95. The maximum absolute atomic E-state index is 12.8. The van der Waals surface area contributed by atoms with Gasteiger partial charge in [0.15, 0.2) is 0 Å². The Morgan fingerprint density at radius 2 is 1.55 bits per heavy atom. The molecule has 0 aliphatic heterocycles. The van der Waals surface area contributed by atoms with Crippen LogP contribution in [0.4, 0.5) is 5.69 Å². The highest BCUT2D eigenvalue weighted by Gasteiger charge is 2.14. The molecule has 0 aliphatic rings. The van der Waals surface area contributed by atoms with E-state index in [9.17, 15) is 9.59 Å². The Bertz CT molecular complexity index is 1650. The maximum atomic E-state index is 12.8. The zero-order valence-corrected chi connectivity index (χ0v) is 23.8. The van der Waals surface area contributed by atoms with Crippen LogP contribution in [0.5, 0.6) is 0 Å². The molecule has 214 valence electrons. The van der Waals surface area contributed by atoms with Gasteiger partial charge in [-0.25, -0.2) is 4.68 Å². The molecule has 0 saturated heterocycles. The van der Waals surface area contributed by atoms with Crippen LogP contribution in [0.15, 0.2) is 91.1 Å². The Labute approximate surface area is 245 Å². The van der Waals surface area contributed by atoms with Crippen molar-refractivity contribution in [1.82, 2.24) is 20.0 Å². The van der Waals surface area contributed by atoms with Crippen molar-refractivity contribution >= 4 is 28.5 Å². The van der Waals surface area contributed by atoms with Crippen molar-refractivity contribution in [1.29, 1.82) is 0 Å². The predicted molar refractivity (Wildman–Crippen MR) is 164 cm³/mol. The molecule has 0 aliphatic carbocycles. The standard InChI is InChI=1S/C34H35N5O3/c1-25-22-32(28-17-11-13-19-30(28)35-25)39-23-31(37-38-39)27-16-10-12-18-29(27)36-33(40)20-8-3-2-4-9-21-34(41)42-24-26-14-6-5-7-15-26/h5-7,10-19,22-23H,2-4,8-9,20-21,24H2,1H3,(H,36,40). The lowest BCUT2D eigenvalue weighted by Crippen LogP contribution is -2.11. The first-order valence-electron chi connectivity index (χ1n) is 14.4. The summed E-state index contributed by atoms with van der Waals surface area (Å²) < 4.78 is 7.08. The fraction of sp³-hybridized carbons (Fsp3) is 0.265. The normalized spacial score (nSPS) is 11.0. The number of aryl methyl sites for hydroxylation is 1. The number of nitrogens with one attached hydrogen (secondary N) is 1. The first-order chi connectivity index (χ1) is 20.6. The molecule has 1 N–H and O–H groups in total. The van der Waals surface area contributed by atoms with Crippen LogP contribution in [-0.2, 0) is 20.9 Å². The van der Waals surface area contributed by atoms with E-state index in [1.54, 1.807) is 4.68 Å². The maximum Gasteiger partial charge on any atom is 0.306 e. The molecule has 8 nitrogen and oxygen atoms in total. The van der Waals surface area contributed by atoms with Crippen LogP contribution in [-0.4, -0.2) is 31.9 Å². The zero-order chi connectivity index (χ0) is 29.1. The topological polar surface area (TPSA) is 99.0 Å². The number of carbonyl (C=O) groups is 2. The van der Waals surface area contributed by atoms with Crippen LogP contribution in [0.2, 0.25) is 0 Å². The second-order valence-electron chi connectivity index (χ2n) is 10.4. The van der Waals surface area contributed by atoms with Crippen molar-refractivity contribution in [3.05, 3.63) is 102 Å². The lowest BCUT2D eigenvalue weighted by atomic mass is 10.1. The number of carbonyl (C=O) groups excluding carboxylic acids is 2. The van der Waals surface area contributed by atoms with Gasteiger partial charge in [0.1, 0.15) is 12.3 Å². The summed E-state index contributed by atoms with van der Waals surface area (Å²) in [6.45, 7) is 2.28. The molecular weight excluding hydrogens is 526 g/mol. The van der Waals surface area contributed by atoms with Crippen LogP contribution in [0.25, 0.3) is 27.8 Å². The van der Waals surface area contributed by atoms with Crippen LogP contribution in [0.1, 0.15) is 56.2 Å². The van der Waals surface area contributed by atoms with Gasteiger partial charge in [0.2, 0.25) is 5.91 Å². The molecular formula is C34H35N5O3. The van der Waals surface area contributed by atoms with E-state index in [4.69, 9.17) is 4.74 Å². The molecule has 8 heteroatoms. The SMILES string of the molecule is Cc1cc(-n2cc(-c3ccccc3NC(=O)CCCCCCCC(=O)OCc3ccccc3)nn2)c2ccccc2n1. The van der Waals surface area contributed by atoms with E-state index in [0.29, 0.717) is 30.8 Å². The first-order valence-corrected chi connectivity index (χ1v) is 14.4. The second kappa shape index (κ2) is 14.2. The molecule has 0 radical (unpaired) electrons. The number of hydrogen-bond acceptors (Lipinski definition) is 6. The average Bonchev–Trinajstić information content (AvgIpc) is 3.50. The zero-order valence-electron chi connectivity index (χ0n) is 23.8. The number of esters is 1. The molecule has 3 aromatic carbocycles. The first kappa shape index (κ1) is 28.7. The van der Waals surface area contributed by atoms with Crippen LogP contribution < -0.4 is 5.32 Å². The fourth-order valence-corrected chi connectivity index (χ4v) is 4.90. The van der Waals surface area contributed by atoms with Gasteiger partial charge in [-0.15, -0.1) is 5.10 Å². The molecule has 0 atom stereocenters. The van der Waals surface area contributed by atoms with E-state index in [-0.39, 0.29) is 11.9 Å². The van der Waals surface area contributed by atoms with Gasteiger partial charge in [-0.1, -0.05) is 91.2 Å². The lowest BCUT2D eigenvalue weighted by Gasteiger charge is -2.09. The van der Waals surface area contributed by atoms with Crippen molar-refractivity contribution in [2.75, 3.05) is 5.32 Å². The number of unbranched alkanes of at least 4 members (excludes halogenated alkanes) is 4. The number of fused-ring (bicyclic) bond motifs is 1. The van der Waals surface area contributed by atoms with E-state index in [1.807, 2.05) is 98.0 Å². The number of hydrogen-bond donors (Lipinski definition) is 1. The van der Waals surface area contributed by atoms with Gasteiger partial charge in [0.25, 0.3) is 0 Å². The van der Waals surface area contributed by atoms with Gasteiger partial charge in [0.05, 0.1) is 23.1 Å². The minimum Gasteiger partial charge on any atom is -0.461 e. The molecule has 5 aromatic rings. The van der Waals surface area contributed by atoms with E-state index >= 15 is 0 Å². The summed E-state index contributed by atoms with van der Waals surface area (Å²) in [6.07, 6.45) is 7.16. The summed E-state index contributed by atoms with van der Waals surface area (Å²) in [5, 5.41) is 12.9. The Morgan fingerprint density at radius 3 is 2.40 bits per heavy atom. The summed E-state index contributed by atoms with van der Waals surface area (Å²) in [7, 11) is 0. The number of anilines is 1. The summed E-state index contributed by atoms with van der Waals surface area (Å²) in [5.41, 5.74) is 5.89. The van der Waals surface area contributed by atoms with E-state index < -0.39 is 0 Å². The number of nitrogens with zero attached hydrogens (tertiary/aromatic N) is 4. The number of para-hydroxylation sites is 2. The van der Waals surface area contributed by atoms with Crippen molar-refractivity contribution in [2.45, 2.75) is 58.5 Å². The molecule has 2 heterocycles. The van der Waals surface area contributed by atoms with Crippen molar-refractivity contribution < 1.29 is 14.3 Å². The fourth-order valence-electron chi connectivity index (χ4n) is 4.90. The third kappa shape index (κ3) is 7.66. The number of aromatic nitrogens is 4. The molecule has 1 amide bonds. The second-order valence-corrected chi connectivity index (χ2v) is 10.4. The Hall–Kier alpha value is -4.85. The molecule has 0 bridgehead atoms. The highest BCUT2D eigenvalue weighted by Crippen LogP contribution is 2.28. The highest BCUT2D eigenvalue weighted by atomic mass is 16.5. The summed E-state index contributed by atoms with van der Waals surface area (Å²) in [5.74, 6) is -0.198. The van der Waals surface area contributed by atoms with Gasteiger partial charge in [-0.05, 0) is 43.5 Å². The molecule has 2 aromatic heterocycles. The summed E-state index contributed by atoms with van der Waals surface area (Å²) in [6, 6.07) is 27.3. The van der Waals surface area contributed by atoms with Gasteiger partial charge >= 0.3 is 5.97 Å². The third-order valence-electron chi connectivity index (χ3n) is 7.07. The quantitative estimate of drug-likeness (QED) is 0.121. The summed E-state index contributed by atoms with van der Waals surface area (Å²) in [4.78, 5) is 29.3. The van der Waals surface area contributed by atoms with E-state index in [0.717, 1.165) is 65.5 Å². The van der Waals surface area contributed by atoms with Crippen molar-refractivity contribution in [2.24, 2.45) is 0 Å². The molecule has 0 spiro atoms. The van der Waals surface area contributed by atoms with Gasteiger partial charge < -0.3 is 10.1 Å². The Balaban J connectivity index is 1.08. The molecule has 5 rings (SSSR count). The smallest absolute Gasteiger partial charge is 0.306 e. The largest absolute Gasteiger partial charge is 0.461 e. The molecule has 42 heavy (non-hydrogen) atoms. The number of benzene rings is 3. The van der Waals surface area contributed by atoms with Gasteiger partial charge in [-0.2, -0.15) is 0 Å². The summed E-state index contributed by atoms with van der Waals surface area (Å²) >= 11 is 0. The number of rotatable bonds is 13. The Kier molecular flexibility index (Phi) is 9.67. The molecule has 0 fully saturated rings. The van der Waals surface area contributed by atoms with Gasteiger partial charge in [0, 0.05) is 29.5 Å². The van der Waals surface area contributed by atoms with Gasteiger partial charge in [-0.3, -0.25) is 14.6 Å². The number of amides is 1. The molecule has 0 unspecified atom stereocenters. The lowest BCUT2D eigenvalue weighted by molar-refractivity contribution is -0.145. The predicted octanol–water partition coefficient (Wildman–Crippen LogP) is 7.20. The number of pyridine rings is 1. The minimum absolute atomic E-state index is 0.0323. The van der Waals surface area contributed by atoms with Crippen LogP contribution >= 0.6 is 0 Å². The van der Waals surface area contributed by atoms with E-state index in [2.05, 4.69) is 20.6 Å². The van der Waals surface area contributed by atoms with Crippen LogP contribution in [0, 0.1) is 6.92 Å². The van der Waals surface area contributed by atoms with E-state index in [1.165, 1.54) is 0 Å². The Morgan fingerprint density at radius 1 is 0.833 bits per heavy atom. The van der Waals surface area contributed by atoms with Crippen LogP contribution in [0.3, 0.4) is 0 Å². The molecule has 0 saturated carbocycles. The van der Waals surface area contributed by atoms with Crippen molar-refractivity contribution in [3.63, 3.8) is 0 Å². The number of ether oxygens (including phenoxy) is 1. The monoisotopic (exact) mass is 561 g/mol.